The fourth-order valence-electron chi connectivity index (χ4n) is 3.78. The van der Waals surface area contributed by atoms with Gasteiger partial charge in [0.05, 0.1) is 24.0 Å². The molecule has 1 aliphatic carbocycles. The van der Waals surface area contributed by atoms with Crippen molar-refractivity contribution in [3.05, 3.63) is 40.4 Å². The molecule has 0 bridgehead atoms. The number of fused-ring (bicyclic) bond motifs is 1. The van der Waals surface area contributed by atoms with Crippen LogP contribution in [0.5, 0.6) is 0 Å². The number of aromatic amines is 1. The second-order valence-electron chi connectivity index (χ2n) is 7.44. The van der Waals surface area contributed by atoms with Crippen LogP contribution >= 0.6 is 0 Å². The summed E-state index contributed by atoms with van der Waals surface area (Å²) in [5.41, 5.74) is 0.553. The topological polar surface area (TPSA) is 78.1 Å². The van der Waals surface area contributed by atoms with E-state index in [9.17, 15) is 9.59 Å². The van der Waals surface area contributed by atoms with E-state index in [2.05, 4.69) is 15.3 Å². The van der Waals surface area contributed by atoms with Crippen LogP contribution in [0.2, 0.25) is 0 Å². The van der Waals surface area contributed by atoms with Gasteiger partial charge in [0.15, 0.2) is 0 Å². The summed E-state index contributed by atoms with van der Waals surface area (Å²) in [4.78, 5) is 34.1. The summed E-state index contributed by atoms with van der Waals surface area (Å²) in [5.74, 6) is 0.657. The minimum atomic E-state index is -0.134. The summed E-state index contributed by atoms with van der Waals surface area (Å²) in [5, 5.41) is 3.79. The van der Waals surface area contributed by atoms with Gasteiger partial charge in [-0.15, -0.1) is 0 Å². The summed E-state index contributed by atoms with van der Waals surface area (Å²) in [6, 6.07) is 7.61. The summed E-state index contributed by atoms with van der Waals surface area (Å²) in [6.45, 7) is 3.51. The molecule has 1 saturated carbocycles. The van der Waals surface area contributed by atoms with Crippen molar-refractivity contribution >= 4 is 16.8 Å². The van der Waals surface area contributed by atoms with Crippen molar-refractivity contribution in [2.45, 2.75) is 64.5 Å². The molecular formula is C21H30N4O2. The molecule has 1 amide bonds. The Morgan fingerprint density at radius 2 is 1.89 bits per heavy atom. The Balaban J connectivity index is 1.60. The highest BCUT2D eigenvalue weighted by molar-refractivity contribution is 5.78. The van der Waals surface area contributed by atoms with Crippen molar-refractivity contribution in [2.75, 3.05) is 13.1 Å². The van der Waals surface area contributed by atoms with E-state index in [1.807, 2.05) is 30.0 Å². The Kier molecular flexibility index (Phi) is 6.98. The molecule has 146 valence electrons. The van der Waals surface area contributed by atoms with Crippen LogP contribution in [0.3, 0.4) is 0 Å². The molecule has 1 aromatic carbocycles. The molecule has 1 aromatic heterocycles. The highest BCUT2D eigenvalue weighted by Gasteiger charge is 2.17. The molecule has 0 spiro atoms. The Bertz CT molecular complexity index is 809. The van der Waals surface area contributed by atoms with Gasteiger partial charge in [-0.1, -0.05) is 51.2 Å². The number of carbonyl (C=O) groups excluding carboxylic acids is 1. The van der Waals surface area contributed by atoms with Crippen molar-refractivity contribution in [2.24, 2.45) is 0 Å². The number of hydrogen-bond acceptors (Lipinski definition) is 4. The van der Waals surface area contributed by atoms with Crippen molar-refractivity contribution < 1.29 is 4.79 Å². The predicted molar refractivity (Wildman–Crippen MR) is 108 cm³/mol. The number of nitrogens with one attached hydrogen (secondary N) is 2. The number of H-pyrrole nitrogens is 1. The number of hydrogen-bond donors (Lipinski definition) is 2. The molecule has 1 heterocycles. The van der Waals surface area contributed by atoms with Gasteiger partial charge >= 0.3 is 0 Å². The van der Waals surface area contributed by atoms with Crippen LogP contribution in [-0.2, 0) is 11.3 Å². The van der Waals surface area contributed by atoms with Crippen LogP contribution in [0.15, 0.2) is 29.1 Å². The van der Waals surface area contributed by atoms with E-state index in [0.717, 1.165) is 12.8 Å². The monoisotopic (exact) mass is 370 g/mol. The number of rotatable bonds is 6. The zero-order chi connectivity index (χ0) is 19.1. The molecule has 3 rings (SSSR count). The molecule has 6 nitrogen and oxygen atoms in total. The second kappa shape index (κ2) is 9.65. The average Bonchev–Trinajstić information content (AvgIpc) is 2.63. The first-order valence-electron chi connectivity index (χ1n) is 10.2. The minimum Gasteiger partial charge on any atom is -0.352 e. The molecule has 27 heavy (non-hydrogen) atoms. The lowest BCUT2D eigenvalue weighted by atomic mass is 9.97. The number of aromatic nitrogens is 2. The van der Waals surface area contributed by atoms with E-state index >= 15 is 0 Å². The molecule has 0 radical (unpaired) electrons. The number of nitrogens with zero attached hydrogens (tertiary/aromatic N) is 2. The van der Waals surface area contributed by atoms with Gasteiger partial charge in [0.2, 0.25) is 5.91 Å². The van der Waals surface area contributed by atoms with Crippen LogP contribution < -0.4 is 10.9 Å². The average molecular weight is 370 g/mol. The molecule has 2 aromatic rings. The molecule has 0 atom stereocenters. The van der Waals surface area contributed by atoms with Crippen molar-refractivity contribution in [3.63, 3.8) is 0 Å². The van der Waals surface area contributed by atoms with Crippen molar-refractivity contribution in [1.82, 2.24) is 20.2 Å². The summed E-state index contributed by atoms with van der Waals surface area (Å²) in [6.07, 6.45) is 8.42. The quantitative estimate of drug-likeness (QED) is 0.819. The lowest BCUT2D eigenvalue weighted by Crippen LogP contribution is -2.42. The van der Waals surface area contributed by atoms with Crippen LogP contribution in [0.25, 0.3) is 10.9 Å². The van der Waals surface area contributed by atoms with Crippen molar-refractivity contribution in [3.8, 4) is 0 Å². The maximum atomic E-state index is 12.5. The minimum absolute atomic E-state index is 0.0607. The van der Waals surface area contributed by atoms with Gasteiger partial charge in [-0.2, -0.15) is 0 Å². The van der Waals surface area contributed by atoms with Crippen LogP contribution in [0.1, 0.15) is 57.7 Å². The third-order valence-corrected chi connectivity index (χ3v) is 5.32. The predicted octanol–water partition coefficient (Wildman–Crippen LogP) is 2.97. The van der Waals surface area contributed by atoms with Crippen LogP contribution in [-0.4, -0.2) is 39.9 Å². The standard InChI is InChI=1S/C21H30N4O2/c1-2-25(15-20(26)22-16-10-6-4-3-5-7-11-16)14-19-23-18-13-9-8-12-17(18)21(27)24-19/h8-9,12-13,16H,2-7,10-11,14-15H2,1H3,(H,22,26)(H,23,24,27). The molecule has 0 unspecified atom stereocenters. The zero-order valence-electron chi connectivity index (χ0n) is 16.2. The largest absolute Gasteiger partial charge is 0.352 e. The Labute approximate surface area is 160 Å². The molecular weight excluding hydrogens is 340 g/mol. The SMILES string of the molecule is CCN(CC(=O)NC1CCCCCCC1)Cc1nc2ccccc2c(=O)[nH]1. The van der Waals surface area contributed by atoms with Gasteiger partial charge in [0.25, 0.3) is 5.56 Å². The number of benzene rings is 1. The maximum Gasteiger partial charge on any atom is 0.258 e. The van der Waals surface area contributed by atoms with E-state index in [1.165, 1.54) is 32.1 Å². The second-order valence-corrected chi connectivity index (χ2v) is 7.44. The van der Waals surface area contributed by atoms with Crippen LogP contribution in [0, 0.1) is 0 Å². The molecule has 1 aliphatic rings. The van der Waals surface area contributed by atoms with Gasteiger partial charge in [-0.05, 0) is 31.5 Å². The van der Waals surface area contributed by atoms with Crippen LogP contribution in [0.4, 0.5) is 0 Å². The van der Waals surface area contributed by atoms with E-state index in [0.29, 0.717) is 42.4 Å². The zero-order valence-corrected chi connectivity index (χ0v) is 16.2. The smallest absolute Gasteiger partial charge is 0.258 e. The van der Waals surface area contributed by atoms with E-state index in [4.69, 9.17) is 0 Å². The van der Waals surface area contributed by atoms with Gasteiger partial charge < -0.3 is 10.3 Å². The summed E-state index contributed by atoms with van der Waals surface area (Å²) >= 11 is 0. The third-order valence-electron chi connectivity index (χ3n) is 5.32. The first-order chi connectivity index (χ1) is 13.2. The molecule has 1 fully saturated rings. The van der Waals surface area contributed by atoms with Gasteiger partial charge in [0.1, 0.15) is 5.82 Å². The first kappa shape index (κ1) is 19.5. The van der Waals surface area contributed by atoms with E-state index in [-0.39, 0.29) is 11.5 Å². The molecule has 0 saturated heterocycles. The first-order valence-corrected chi connectivity index (χ1v) is 10.2. The maximum absolute atomic E-state index is 12.5. The molecule has 2 N–H and O–H groups in total. The summed E-state index contributed by atoms with van der Waals surface area (Å²) < 4.78 is 0. The third kappa shape index (κ3) is 5.63. The van der Waals surface area contributed by atoms with E-state index in [1.54, 1.807) is 6.07 Å². The Morgan fingerprint density at radius 1 is 1.19 bits per heavy atom. The van der Waals surface area contributed by atoms with Gasteiger partial charge in [0, 0.05) is 6.04 Å². The highest BCUT2D eigenvalue weighted by Crippen LogP contribution is 2.17. The Hall–Kier alpha value is -2.21. The molecule has 6 heteroatoms. The number of amides is 1. The number of likely N-dealkylation sites (N-methyl/N-ethyl adjacent to an activating group) is 1. The summed E-state index contributed by atoms with van der Waals surface area (Å²) in [7, 11) is 0. The lowest BCUT2D eigenvalue weighted by Gasteiger charge is -2.24. The normalized spacial score (nSPS) is 16.2. The number of para-hydroxylation sites is 1. The fraction of sp³-hybridized carbons (Fsp3) is 0.571. The lowest BCUT2D eigenvalue weighted by molar-refractivity contribution is -0.123. The Morgan fingerprint density at radius 3 is 2.63 bits per heavy atom. The fourth-order valence-corrected chi connectivity index (χ4v) is 3.78. The van der Waals surface area contributed by atoms with Gasteiger partial charge in [-0.3, -0.25) is 14.5 Å². The molecule has 0 aliphatic heterocycles. The van der Waals surface area contributed by atoms with Gasteiger partial charge in [-0.25, -0.2) is 4.98 Å². The number of carbonyl (C=O) groups is 1. The highest BCUT2D eigenvalue weighted by atomic mass is 16.2. The van der Waals surface area contributed by atoms with Crippen molar-refractivity contribution in [1.29, 1.82) is 0 Å². The van der Waals surface area contributed by atoms with E-state index < -0.39 is 0 Å².